The molecule has 1 amide bonds. The molecule has 0 saturated carbocycles. The van der Waals surface area contributed by atoms with Crippen molar-refractivity contribution in [2.24, 2.45) is 0 Å². The maximum atomic E-state index is 12.2. The van der Waals surface area contributed by atoms with E-state index in [4.69, 9.17) is 0 Å². The highest BCUT2D eigenvalue weighted by molar-refractivity contribution is 7.17. The first-order valence-electron chi connectivity index (χ1n) is 6.08. The Morgan fingerprint density at radius 2 is 2.05 bits per heavy atom. The maximum absolute atomic E-state index is 12.2. The third-order valence-electron chi connectivity index (χ3n) is 3.11. The van der Waals surface area contributed by atoms with Crippen LogP contribution in [0.5, 0.6) is 0 Å². The number of aryl methyl sites for hydroxylation is 2. The molecular weight excluding hydrogens is 256 g/mol. The summed E-state index contributed by atoms with van der Waals surface area (Å²) in [5.41, 5.74) is 4.73. The number of nitrogens with one attached hydrogen (secondary N) is 2. The fraction of sp³-hybridized carbons (Fsp3) is 0.133. The molecule has 0 aliphatic carbocycles. The molecule has 3 rings (SSSR count). The van der Waals surface area contributed by atoms with E-state index in [1.165, 1.54) is 5.56 Å². The van der Waals surface area contributed by atoms with Crippen molar-refractivity contribution < 1.29 is 4.79 Å². The van der Waals surface area contributed by atoms with Crippen molar-refractivity contribution in [3.8, 4) is 0 Å². The number of amides is 1. The average molecular weight is 270 g/mol. The SMILES string of the molecule is Cc1ccc(NC(=O)c2cc3sccc3[nH]2)c(C)c1. The highest BCUT2D eigenvalue weighted by atomic mass is 32.1. The number of aromatic amines is 1. The number of rotatable bonds is 2. The smallest absolute Gasteiger partial charge is 0.272 e. The lowest BCUT2D eigenvalue weighted by molar-refractivity contribution is 0.102. The molecule has 96 valence electrons. The van der Waals surface area contributed by atoms with Crippen LogP contribution in [0.4, 0.5) is 5.69 Å². The molecular formula is C15H14N2OS. The number of benzene rings is 1. The highest BCUT2D eigenvalue weighted by Crippen LogP contribution is 2.22. The zero-order chi connectivity index (χ0) is 13.4. The summed E-state index contributed by atoms with van der Waals surface area (Å²) < 4.78 is 1.10. The standard InChI is InChI=1S/C15H14N2OS/c1-9-3-4-11(10(2)7-9)17-15(18)13-8-14-12(16-13)5-6-19-14/h3-8,16H,1-2H3,(H,17,18). The Labute approximate surface area is 115 Å². The van der Waals surface area contributed by atoms with Crippen molar-refractivity contribution in [1.29, 1.82) is 0 Å². The number of carbonyl (C=O) groups is 1. The van der Waals surface area contributed by atoms with E-state index in [1.807, 2.05) is 43.5 Å². The molecule has 2 N–H and O–H groups in total. The van der Waals surface area contributed by atoms with E-state index in [9.17, 15) is 4.79 Å². The molecule has 19 heavy (non-hydrogen) atoms. The van der Waals surface area contributed by atoms with Crippen molar-refractivity contribution >= 4 is 33.1 Å². The van der Waals surface area contributed by atoms with E-state index in [0.717, 1.165) is 21.5 Å². The van der Waals surface area contributed by atoms with E-state index < -0.39 is 0 Å². The summed E-state index contributed by atoms with van der Waals surface area (Å²) in [5, 5.41) is 4.95. The number of aromatic nitrogens is 1. The highest BCUT2D eigenvalue weighted by Gasteiger charge is 2.11. The number of H-pyrrole nitrogens is 1. The minimum atomic E-state index is -0.102. The Morgan fingerprint density at radius 1 is 1.21 bits per heavy atom. The van der Waals surface area contributed by atoms with Crippen LogP contribution in [0.15, 0.2) is 35.7 Å². The Morgan fingerprint density at radius 3 is 2.79 bits per heavy atom. The summed E-state index contributed by atoms with van der Waals surface area (Å²) in [6.45, 7) is 4.04. The summed E-state index contributed by atoms with van der Waals surface area (Å²) >= 11 is 1.63. The number of fused-ring (bicyclic) bond motifs is 1. The Balaban J connectivity index is 1.86. The number of carbonyl (C=O) groups excluding carboxylic acids is 1. The maximum Gasteiger partial charge on any atom is 0.272 e. The minimum absolute atomic E-state index is 0.102. The Bertz CT molecular complexity index is 726. The number of anilines is 1. The van der Waals surface area contributed by atoms with Gasteiger partial charge < -0.3 is 10.3 Å². The normalized spacial score (nSPS) is 10.8. The fourth-order valence-electron chi connectivity index (χ4n) is 2.11. The summed E-state index contributed by atoms with van der Waals surface area (Å²) in [4.78, 5) is 15.3. The lowest BCUT2D eigenvalue weighted by Crippen LogP contribution is -2.13. The van der Waals surface area contributed by atoms with Gasteiger partial charge in [-0.3, -0.25) is 4.79 Å². The molecule has 3 nitrogen and oxygen atoms in total. The molecule has 0 unspecified atom stereocenters. The van der Waals surface area contributed by atoms with Crippen LogP contribution in [-0.4, -0.2) is 10.9 Å². The van der Waals surface area contributed by atoms with Gasteiger partial charge in [-0.2, -0.15) is 0 Å². The van der Waals surface area contributed by atoms with Crippen LogP contribution in [0.3, 0.4) is 0 Å². The number of hydrogen-bond donors (Lipinski definition) is 2. The summed E-state index contributed by atoms with van der Waals surface area (Å²) in [5.74, 6) is -0.102. The topological polar surface area (TPSA) is 44.9 Å². The predicted octanol–water partition coefficient (Wildman–Crippen LogP) is 4.10. The van der Waals surface area contributed by atoms with Crippen molar-refractivity contribution in [1.82, 2.24) is 4.98 Å². The summed E-state index contributed by atoms with van der Waals surface area (Å²) in [6.07, 6.45) is 0. The zero-order valence-electron chi connectivity index (χ0n) is 10.8. The Kier molecular flexibility index (Phi) is 2.87. The monoisotopic (exact) mass is 270 g/mol. The second kappa shape index (κ2) is 4.55. The van der Waals surface area contributed by atoms with Gasteiger partial charge >= 0.3 is 0 Å². The van der Waals surface area contributed by atoms with E-state index in [2.05, 4.69) is 16.4 Å². The van der Waals surface area contributed by atoms with Gasteiger partial charge in [-0.1, -0.05) is 17.7 Å². The second-order valence-electron chi connectivity index (χ2n) is 4.65. The lowest BCUT2D eigenvalue weighted by Gasteiger charge is -2.08. The van der Waals surface area contributed by atoms with Gasteiger partial charge in [0, 0.05) is 5.69 Å². The molecule has 0 bridgehead atoms. The fourth-order valence-corrected chi connectivity index (χ4v) is 2.90. The van der Waals surface area contributed by atoms with Crippen molar-refractivity contribution in [2.45, 2.75) is 13.8 Å². The van der Waals surface area contributed by atoms with Gasteiger partial charge in [-0.15, -0.1) is 11.3 Å². The molecule has 2 heterocycles. The third-order valence-corrected chi connectivity index (χ3v) is 3.98. The van der Waals surface area contributed by atoms with E-state index in [1.54, 1.807) is 11.3 Å². The van der Waals surface area contributed by atoms with Crippen molar-refractivity contribution in [3.05, 3.63) is 52.5 Å². The van der Waals surface area contributed by atoms with Gasteiger partial charge in [0.25, 0.3) is 5.91 Å². The molecule has 0 aliphatic heterocycles. The molecule has 2 aromatic heterocycles. The molecule has 0 saturated heterocycles. The van der Waals surface area contributed by atoms with Gasteiger partial charge in [0.05, 0.1) is 10.2 Å². The first kappa shape index (κ1) is 12.0. The number of hydrogen-bond acceptors (Lipinski definition) is 2. The van der Waals surface area contributed by atoms with Crippen molar-refractivity contribution in [3.63, 3.8) is 0 Å². The van der Waals surface area contributed by atoms with E-state index in [0.29, 0.717) is 5.69 Å². The number of thiophene rings is 1. The van der Waals surface area contributed by atoms with Crippen LogP contribution in [0.25, 0.3) is 10.2 Å². The second-order valence-corrected chi connectivity index (χ2v) is 5.60. The largest absolute Gasteiger partial charge is 0.350 e. The molecule has 0 aliphatic rings. The van der Waals surface area contributed by atoms with Crippen LogP contribution in [0.1, 0.15) is 21.6 Å². The van der Waals surface area contributed by atoms with Gasteiger partial charge in [-0.25, -0.2) is 0 Å². The minimum Gasteiger partial charge on any atom is -0.350 e. The van der Waals surface area contributed by atoms with Crippen LogP contribution < -0.4 is 5.32 Å². The lowest BCUT2D eigenvalue weighted by atomic mass is 10.1. The molecule has 0 spiro atoms. The molecule has 0 atom stereocenters. The van der Waals surface area contributed by atoms with Crippen LogP contribution in [0, 0.1) is 13.8 Å². The Hall–Kier alpha value is -2.07. The molecule has 4 heteroatoms. The third kappa shape index (κ3) is 2.27. The summed E-state index contributed by atoms with van der Waals surface area (Å²) in [7, 11) is 0. The van der Waals surface area contributed by atoms with Gasteiger partial charge in [0.15, 0.2) is 0 Å². The molecule has 3 aromatic rings. The summed E-state index contributed by atoms with van der Waals surface area (Å²) in [6, 6.07) is 9.86. The molecule has 1 aromatic carbocycles. The predicted molar refractivity (Wildman–Crippen MR) is 80.0 cm³/mol. The molecule has 0 radical (unpaired) electrons. The van der Waals surface area contributed by atoms with Crippen molar-refractivity contribution in [2.75, 3.05) is 5.32 Å². The average Bonchev–Trinajstić information content (AvgIpc) is 2.93. The van der Waals surface area contributed by atoms with Crippen LogP contribution >= 0.6 is 11.3 Å². The van der Waals surface area contributed by atoms with Crippen LogP contribution in [0.2, 0.25) is 0 Å². The van der Waals surface area contributed by atoms with E-state index in [-0.39, 0.29) is 5.91 Å². The first-order chi connectivity index (χ1) is 9.13. The quantitative estimate of drug-likeness (QED) is 0.723. The van der Waals surface area contributed by atoms with Gasteiger partial charge in [0.1, 0.15) is 5.69 Å². The van der Waals surface area contributed by atoms with Gasteiger partial charge in [-0.05, 0) is 43.0 Å². The first-order valence-corrected chi connectivity index (χ1v) is 6.96. The van der Waals surface area contributed by atoms with E-state index >= 15 is 0 Å². The van der Waals surface area contributed by atoms with Crippen LogP contribution in [-0.2, 0) is 0 Å². The zero-order valence-corrected chi connectivity index (χ0v) is 11.6. The van der Waals surface area contributed by atoms with Gasteiger partial charge in [0.2, 0.25) is 0 Å². The molecule has 0 fully saturated rings.